The quantitative estimate of drug-likeness (QED) is 0.624. The molecule has 1 aromatic carbocycles. The Morgan fingerprint density at radius 1 is 1.56 bits per heavy atom. The van der Waals surface area contributed by atoms with E-state index in [1.807, 2.05) is 13.8 Å². The zero-order valence-corrected chi connectivity index (χ0v) is 12.0. The van der Waals surface area contributed by atoms with Gasteiger partial charge >= 0.3 is 0 Å². The summed E-state index contributed by atoms with van der Waals surface area (Å²) in [4.78, 5) is 10.5. The number of hydrogen-bond donors (Lipinski definition) is 2. The molecule has 6 heteroatoms. The monoisotopic (exact) mass is 316 g/mol. The third-order valence-electron chi connectivity index (χ3n) is 3.10. The van der Waals surface area contributed by atoms with E-state index in [4.69, 9.17) is 0 Å². The van der Waals surface area contributed by atoms with E-state index >= 15 is 0 Å². The van der Waals surface area contributed by atoms with E-state index in [0.717, 1.165) is 6.42 Å². The second-order valence-electron chi connectivity index (χ2n) is 4.59. The normalized spacial score (nSPS) is 14.0. The van der Waals surface area contributed by atoms with Crippen LogP contribution in [0, 0.1) is 15.5 Å². The SMILES string of the molecule is CCC(C)(CO)CNc1ccc(Br)cc1[N+](=O)[O-]. The first kappa shape index (κ1) is 14.9. The molecule has 0 saturated heterocycles. The smallest absolute Gasteiger partial charge is 0.293 e. The summed E-state index contributed by atoms with van der Waals surface area (Å²) < 4.78 is 0.667. The number of nitro groups is 1. The third-order valence-corrected chi connectivity index (χ3v) is 3.59. The fourth-order valence-corrected chi connectivity index (χ4v) is 1.76. The van der Waals surface area contributed by atoms with Gasteiger partial charge in [0, 0.05) is 22.5 Å². The summed E-state index contributed by atoms with van der Waals surface area (Å²) in [5, 5.41) is 23.3. The summed E-state index contributed by atoms with van der Waals surface area (Å²) in [6.45, 7) is 4.45. The number of nitrogens with zero attached hydrogens (tertiary/aromatic N) is 1. The molecule has 0 aliphatic rings. The number of rotatable bonds is 6. The number of anilines is 1. The van der Waals surface area contributed by atoms with E-state index in [0.29, 0.717) is 16.7 Å². The lowest BCUT2D eigenvalue weighted by Crippen LogP contribution is -2.29. The molecule has 18 heavy (non-hydrogen) atoms. The van der Waals surface area contributed by atoms with Crippen LogP contribution in [0.15, 0.2) is 22.7 Å². The van der Waals surface area contributed by atoms with Crippen LogP contribution in [0.5, 0.6) is 0 Å². The summed E-state index contributed by atoms with van der Waals surface area (Å²) in [5.41, 5.74) is 0.220. The van der Waals surface area contributed by atoms with E-state index in [1.54, 1.807) is 12.1 Å². The van der Waals surface area contributed by atoms with Crippen molar-refractivity contribution in [2.45, 2.75) is 20.3 Å². The van der Waals surface area contributed by atoms with Gasteiger partial charge in [0.05, 0.1) is 11.5 Å². The van der Waals surface area contributed by atoms with Crippen molar-refractivity contribution in [3.63, 3.8) is 0 Å². The Hall–Kier alpha value is -1.14. The summed E-state index contributed by atoms with van der Waals surface area (Å²) in [5.74, 6) is 0. The van der Waals surface area contributed by atoms with Crippen LogP contribution in [0.2, 0.25) is 0 Å². The van der Waals surface area contributed by atoms with Crippen LogP contribution in [0.4, 0.5) is 11.4 Å². The molecule has 0 saturated carbocycles. The molecular formula is C12H17BrN2O3. The highest BCUT2D eigenvalue weighted by Crippen LogP contribution is 2.29. The number of benzene rings is 1. The fraction of sp³-hybridized carbons (Fsp3) is 0.500. The second kappa shape index (κ2) is 6.15. The molecule has 0 aromatic heterocycles. The maximum atomic E-state index is 10.9. The van der Waals surface area contributed by atoms with Gasteiger partial charge in [-0.1, -0.05) is 29.8 Å². The van der Waals surface area contributed by atoms with E-state index in [2.05, 4.69) is 21.2 Å². The van der Waals surface area contributed by atoms with E-state index in [-0.39, 0.29) is 17.7 Å². The standard InChI is InChI=1S/C12H17BrN2O3/c1-3-12(2,8-16)7-14-10-5-4-9(13)6-11(10)15(17)18/h4-6,14,16H,3,7-8H2,1-2H3. The molecule has 0 spiro atoms. The van der Waals surface area contributed by atoms with Crippen LogP contribution in [0.25, 0.3) is 0 Å². The Balaban J connectivity index is 2.88. The molecule has 1 rings (SSSR count). The third kappa shape index (κ3) is 3.68. The molecule has 0 heterocycles. The molecule has 0 amide bonds. The minimum absolute atomic E-state index is 0.0285. The predicted molar refractivity (Wildman–Crippen MR) is 74.8 cm³/mol. The van der Waals surface area contributed by atoms with Gasteiger partial charge in [-0.05, 0) is 18.6 Å². The van der Waals surface area contributed by atoms with Crippen molar-refractivity contribution < 1.29 is 10.0 Å². The fourth-order valence-electron chi connectivity index (χ4n) is 1.41. The highest BCUT2D eigenvalue weighted by Gasteiger charge is 2.22. The van der Waals surface area contributed by atoms with Crippen molar-refractivity contribution in [1.29, 1.82) is 0 Å². The summed E-state index contributed by atoms with van der Waals surface area (Å²) in [6, 6.07) is 4.87. The van der Waals surface area contributed by atoms with Gasteiger partial charge in [0.25, 0.3) is 5.69 Å². The predicted octanol–water partition coefficient (Wildman–Crippen LogP) is 3.18. The van der Waals surface area contributed by atoms with Gasteiger partial charge in [0.2, 0.25) is 0 Å². The van der Waals surface area contributed by atoms with E-state index in [9.17, 15) is 15.2 Å². The lowest BCUT2D eigenvalue weighted by molar-refractivity contribution is -0.384. The zero-order valence-electron chi connectivity index (χ0n) is 10.4. The van der Waals surface area contributed by atoms with Gasteiger partial charge < -0.3 is 10.4 Å². The van der Waals surface area contributed by atoms with Gasteiger partial charge in [-0.3, -0.25) is 10.1 Å². The molecule has 0 fully saturated rings. The largest absolute Gasteiger partial charge is 0.396 e. The van der Waals surface area contributed by atoms with Crippen LogP contribution in [0.1, 0.15) is 20.3 Å². The molecule has 0 aliphatic heterocycles. The molecule has 2 N–H and O–H groups in total. The highest BCUT2D eigenvalue weighted by molar-refractivity contribution is 9.10. The van der Waals surface area contributed by atoms with Gasteiger partial charge in [-0.2, -0.15) is 0 Å². The Labute approximate surface area is 114 Å². The van der Waals surface area contributed by atoms with Crippen molar-refractivity contribution in [3.8, 4) is 0 Å². The number of aliphatic hydroxyl groups excluding tert-OH is 1. The van der Waals surface area contributed by atoms with Crippen molar-refractivity contribution in [3.05, 3.63) is 32.8 Å². The van der Waals surface area contributed by atoms with Crippen LogP contribution < -0.4 is 5.32 Å². The lowest BCUT2D eigenvalue weighted by Gasteiger charge is -2.26. The topological polar surface area (TPSA) is 75.4 Å². The molecule has 1 aromatic rings. The maximum Gasteiger partial charge on any atom is 0.293 e. The van der Waals surface area contributed by atoms with Crippen molar-refractivity contribution in [1.82, 2.24) is 0 Å². The highest BCUT2D eigenvalue weighted by atomic mass is 79.9. The first-order valence-corrected chi connectivity index (χ1v) is 6.50. The molecular weight excluding hydrogens is 300 g/mol. The van der Waals surface area contributed by atoms with Crippen LogP contribution >= 0.6 is 15.9 Å². The summed E-state index contributed by atoms with van der Waals surface area (Å²) in [6.07, 6.45) is 0.792. The van der Waals surface area contributed by atoms with Crippen LogP contribution in [0.3, 0.4) is 0 Å². The van der Waals surface area contributed by atoms with Crippen molar-refractivity contribution in [2.24, 2.45) is 5.41 Å². The number of aliphatic hydroxyl groups is 1. The molecule has 1 atom stereocenters. The maximum absolute atomic E-state index is 10.9. The van der Waals surface area contributed by atoms with Crippen molar-refractivity contribution >= 4 is 27.3 Å². The Kier molecular flexibility index (Phi) is 5.10. The Morgan fingerprint density at radius 3 is 2.72 bits per heavy atom. The second-order valence-corrected chi connectivity index (χ2v) is 5.51. The van der Waals surface area contributed by atoms with Crippen molar-refractivity contribution in [2.75, 3.05) is 18.5 Å². The Morgan fingerprint density at radius 2 is 2.22 bits per heavy atom. The van der Waals surface area contributed by atoms with E-state index < -0.39 is 4.92 Å². The molecule has 0 aliphatic carbocycles. The summed E-state index contributed by atoms with van der Waals surface area (Å²) >= 11 is 3.21. The molecule has 1 unspecified atom stereocenters. The average Bonchev–Trinajstić information content (AvgIpc) is 2.36. The minimum Gasteiger partial charge on any atom is -0.396 e. The molecule has 5 nitrogen and oxygen atoms in total. The van der Waals surface area contributed by atoms with E-state index in [1.165, 1.54) is 6.07 Å². The average molecular weight is 317 g/mol. The minimum atomic E-state index is -0.421. The van der Waals surface area contributed by atoms with Crippen LogP contribution in [-0.2, 0) is 0 Å². The van der Waals surface area contributed by atoms with Gasteiger partial charge in [-0.15, -0.1) is 0 Å². The Bertz CT molecular complexity index is 433. The zero-order chi connectivity index (χ0) is 13.8. The van der Waals surface area contributed by atoms with Gasteiger partial charge in [-0.25, -0.2) is 0 Å². The molecule has 0 radical (unpaired) electrons. The molecule has 100 valence electrons. The number of nitro benzene ring substituents is 1. The van der Waals surface area contributed by atoms with Gasteiger partial charge in [0.15, 0.2) is 0 Å². The van der Waals surface area contributed by atoms with Crippen LogP contribution in [-0.4, -0.2) is 23.2 Å². The number of halogens is 1. The lowest BCUT2D eigenvalue weighted by atomic mass is 9.88. The summed E-state index contributed by atoms with van der Waals surface area (Å²) in [7, 11) is 0. The van der Waals surface area contributed by atoms with Gasteiger partial charge in [0.1, 0.15) is 5.69 Å². The molecule has 0 bridgehead atoms. The first-order valence-electron chi connectivity index (χ1n) is 5.70. The number of nitrogens with one attached hydrogen (secondary N) is 1. The number of hydrogen-bond acceptors (Lipinski definition) is 4. The first-order chi connectivity index (χ1) is 8.41.